The molecule has 2 atom stereocenters. The second-order valence-electron chi connectivity index (χ2n) is 4.91. The number of esters is 1. The molecular formula is C15H31NO3. The van der Waals surface area contributed by atoms with Gasteiger partial charge in [0.25, 0.3) is 0 Å². The Hall–Kier alpha value is -0.610. The van der Waals surface area contributed by atoms with E-state index in [1.54, 1.807) is 0 Å². The molecule has 0 rings (SSSR count). The van der Waals surface area contributed by atoms with Gasteiger partial charge in [0.1, 0.15) is 6.04 Å². The van der Waals surface area contributed by atoms with Crippen LogP contribution in [-0.4, -0.2) is 38.9 Å². The lowest BCUT2D eigenvalue weighted by Crippen LogP contribution is -2.38. The van der Waals surface area contributed by atoms with Gasteiger partial charge in [-0.15, -0.1) is 0 Å². The minimum atomic E-state index is -0.245. The van der Waals surface area contributed by atoms with E-state index < -0.39 is 0 Å². The lowest BCUT2D eigenvalue weighted by molar-refractivity contribution is -0.143. The molecule has 1 N–H and O–H groups in total. The highest BCUT2D eigenvalue weighted by Gasteiger charge is 2.17. The minimum absolute atomic E-state index is 0.205. The third-order valence-corrected chi connectivity index (χ3v) is 3.38. The van der Waals surface area contributed by atoms with E-state index in [0.29, 0.717) is 18.9 Å². The average Bonchev–Trinajstić information content (AvgIpc) is 2.44. The molecule has 4 nitrogen and oxygen atoms in total. The molecular weight excluding hydrogens is 242 g/mol. The molecule has 2 unspecified atom stereocenters. The largest absolute Gasteiger partial charge is 0.468 e. The van der Waals surface area contributed by atoms with Crippen molar-refractivity contribution in [1.29, 1.82) is 0 Å². The average molecular weight is 273 g/mol. The van der Waals surface area contributed by atoms with Crippen molar-refractivity contribution in [3.05, 3.63) is 0 Å². The van der Waals surface area contributed by atoms with Gasteiger partial charge in [-0.2, -0.15) is 0 Å². The number of hydrogen-bond acceptors (Lipinski definition) is 4. The van der Waals surface area contributed by atoms with Crippen molar-refractivity contribution >= 4 is 5.97 Å². The van der Waals surface area contributed by atoms with Crippen LogP contribution in [-0.2, 0) is 14.3 Å². The highest BCUT2D eigenvalue weighted by molar-refractivity contribution is 5.75. The first-order valence-corrected chi connectivity index (χ1v) is 7.58. The molecule has 4 heteroatoms. The molecule has 0 radical (unpaired) electrons. The Morgan fingerprint density at radius 3 is 2.47 bits per heavy atom. The summed E-state index contributed by atoms with van der Waals surface area (Å²) >= 11 is 0. The first-order chi connectivity index (χ1) is 9.19. The zero-order valence-electron chi connectivity index (χ0n) is 13.0. The maximum Gasteiger partial charge on any atom is 0.322 e. The number of rotatable bonds is 12. The molecule has 0 aromatic heterocycles. The second-order valence-corrected chi connectivity index (χ2v) is 4.91. The summed E-state index contributed by atoms with van der Waals surface area (Å²) in [6.45, 7) is 8.57. The van der Waals surface area contributed by atoms with Gasteiger partial charge < -0.3 is 14.8 Å². The molecule has 0 heterocycles. The van der Waals surface area contributed by atoms with Crippen LogP contribution in [0.1, 0.15) is 52.9 Å². The van der Waals surface area contributed by atoms with Gasteiger partial charge in [-0.1, -0.05) is 40.0 Å². The fourth-order valence-electron chi connectivity index (χ4n) is 2.04. The smallest absolute Gasteiger partial charge is 0.322 e. The van der Waals surface area contributed by atoms with Gasteiger partial charge in [0.05, 0.1) is 7.11 Å². The predicted molar refractivity (Wildman–Crippen MR) is 78.2 cm³/mol. The summed E-state index contributed by atoms with van der Waals surface area (Å²) in [6.07, 6.45) is 5.57. The first kappa shape index (κ1) is 18.4. The summed E-state index contributed by atoms with van der Waals surface area (Å²) in [7, 11) is 1.42. The molecule has 0 aliphatic rings. The maximum absolute atomic E-state index is 11.5. The van der Waals surface area contributed by atoms with Gasteiger partial charge in [-0.3, -0.25) is 4.79 Å². The molecule has 0 aromatic carbocycles. The summed E-state index contributed by atoms with van der Waals surface area (Å²) < 4.78 is 10.5. The summed E-state index contributed by atoms with van der Waals surface area (Å²) in [6, 6.07) is -0.245. The van der Waals surface area contributed by atoms with E-state index in [9.17, 15) is 4.79 Å². The van der Waals surface area contributed by atoms with E-state index in [-0.39, 0.29) is 12.0 Å². The molecule has 0 aromatic rings. The van der Waals surface area contributed by atoms with Gasteiger partial charge in [0, 0.05) is 13.2 Å². The van der Waals surface area contributed by atoms with Gasteiger partial charge in [-0.25, -0.2) is 0 Å². The molecule has 114 valence electrons. The van der Waals surface area contributed by atoms with E-state index in [1.807, 2.05) is 6.92 Å². The van der Waals surface area contributed by atoms with Gasteiger partial charge in [-0.05, 0) is 25.3 Å². The highest BCUT2D eigenvalue weighted by Crippen LogP contribution is 2.13. The van der Waals surface area contributed by atoms with Crippen LogP contribution in [0.4, 0.5) is 0 Å². The Balaban J connectivity index is 3.82. The van der Waals surface area contributed by atoms with E-state index in [2.05, 4.69) is 19.2 Å². The van der Waals surface area contributed by atoms with Crippen molar-refractivity contribution in [1.82, 2.24) is 5.32 Å². The van der Waals surface area contributed by atoms with Crippen LogP contribution < -0.4 is 5.32 Å². The summed E-state index contributed by atoms with van der Waals surface area (Å²) in [4.78, 5) is 11.5. The lowest BCUT2D eigenvalue weighted by atomic mass is 10.0. The van der Waals surface area contributed by atoms with Gasteiger partial charge in [0.15, 0.2) is 0 Å². The Bertz CT molecular complexity index is 221. The number of ether oxygens (including phenoxy) is 2. The Labute approximate surface area is 118 Å². The normalized spacial score (nSPS) is 14.1. The number of methoxy groups -OCH3 is 1. The third kappa shape index (κ3) is 9.00. The Morgan fingerprint density at radius 1 is 1.21 bits per heavy atom. The molecule has 0 amide bonds. The number of unbranched alkanes of at least 4 members (excludes halogenated alkanes) is 1. The van der Waals surface area contributed by atoms with Crippen LogP contribution in [0.5, 0.6) is 0 Å². The Kier molecular flexibility index (Phi) is 12.0. The van der Waals surface area contributed by atoms with Gasteiger partial charge in [0.2, 0.25) is 0 Å². The first-order valence-electron chi connectivity index (χ1n) is 7.58. The summed E-state index contributed by atoms with van der Waals surface area (Å²) in [5.41, 5.74) is 0. The summed E-state index contributed by atoms with van der Waals surface area (Å²) in [5, 5.41) is 3.12. The van der Waals surface area contributed by atoms with E-state index in [1.165, 1.54) is 26.4 Å². The fraction of sp³-hybridized carbons (Fsp3) is 0.933. The standard InChI is InChI=1S/C15H31NO3/c1-5-8-9-13(6-2)12-19-11-10-14(16-7-3)15(17)18-4/h13-14,16H,5-12H2,1-4H3. The predicted octanol–water partition coefficient (Wildman–Crippen LogP) is 2.76. The van der Waals surface area contributed by atoms with E-state index >= 15 is 0 Å². The van der Waals surface area contributed by atoms with Crippen LogP contribution in [0.3, 0.4) is 0 Å². The van der Waals surface area contributed by atoms with Crippen molar-refractivity contribution in [3.63, 3.8) is 0 Å². The number of carbonyl (C=O) groups excluding carboxylic acids is 1. The topological polar surface area (TPSA) is 47.6 Å². The van der Waals surface area contributed by atoms with Crippen molar-refractivity contribution < 1.29 is 14.3 Å². The number of nitrogens with one attached hydrogen (secondary N) is 1. The number of carbonyl (C=O) groups is 1. The fourth-order valence-corrected chi connectivity index (χ4v) is 2.04. The zero-order valence-corrected chi connectivity index (χ0v) is 13.0. The van der Waals surface area contributed by atoms with E-state index in [0.717, 1.165) is 19.6 Å². The van der Waals surface area contributed by atoms with Crippen LogP contribution in [0, 0.1) is 5.92 Å². The van der Waals surface area contributed by atoms with E-state index in [4.69, 9.17) is 9.47 Å². The van der Waals surface area contributed by atoms with Crippen molar-refractivity contribution in [3.8, 4) is 0 Å². The number of hydrogen-bond donors (Lipinski definition) is 1. The Morgan fingerprint density at radius 2 is 1.95 bits per heavy atom. The number of likely N-dealkylation sites (N-methyl/N-ethyl adjacent to an activating group) is 1. The third-order valence-electron chi connectivity index (χ3n) is 3.38. The molecule has 0 aliphatic carbocycles. The quantitative estimate of drug-likeness (QED) is 0.439. The van der Waals surface area contributed by atoms with Gasteiger partial charge >= 0.3 is 5.97 Å². The molecule has 0 saturated carbocycles. The van der Waals surface area contributed by atoms with Crippen LogP contribution in [0.2, 0.25) is 0 Å². The summed E-state index contributed by atoms with van der Waals surface area (Å²) in [5.74, 6) is 0.444. The molecule has 0 aliphatic heterocycles. The van der Waals surface area contributed by atoms with Crippen molar-refractivity contribution in [2.75, 3.05) is 26.9 Å². The molecule has 0 saturated heterocycles. The monoisotopic (exact) mass is 273 g/mol. The molecule has 0 fully saturated rings. The van der Waals surface area contributed by atoms with Crippen LogP contribution in [0.25, 0.3) is 0 Å². The molecule has 0 spiro atoms. The lowest BCUT2D eigenvalue weighted by Gasteiger charge is -2.17. The van der Waals surface area contributed by atoms with Crippen LogP contribution in [0.15, 0.2) is 0 Å². The molecule has 0 bridgehead atoms. The minimum Gasteiger partial charge on any atom is -0.468 e. The van der Waals surface area contributed by atoms with Crippen LogP contribution >= 0.6 is 0 Å². The highest BCUT2D eigenvalue weighted by atomic mass is 16.5. The molecule has 19 heavy (non-hydrogen) atoms. The second kappa shape index (κ2) is 12.4. The zero-order chi connectivity index (χ0) is 14.5. The van der Waals surface area contributed by atoms with Crippen molar-refractivity contribution in [2.24, 2.45) is 5.92 Å². The van der Waals surface area contributed by atoms with Crippen molar-refractivity contribution in [2.45, 2.75) is 58.9 Å². The maximum atomic E-state index is 11.5. The SMILES string of the molecule is CCCCC(CC)COCCC(NCC)C(=O)OC.